The summed E-state index contributed by atoms with van der Waals surface area (Å²) in [4.78, 5) is 8.62. The molecule has 2 rings (SSSR count). The van der Waals surface area contributed by atoms with Gasteiger partial charge in [-0.25, -0.2) is 0 Å². The Bertz CT molecular complexity index is 396. The van der Waals surface area contributed by atoms with E-state index in [4.69, 9.17) is 9.47 Å². The molecule has 1 N–H and O–H groups in total. The summed E-state index contributed by atoms with van der Waals surface area (Å²) in [6, 6.07) is 1.68. The molecule has 2 heterocycles. The molecule has 1 aliphatic heterocycles. The van der Waals surface area contributed by atoms with Gasteiger partial charge in [0.1, 0.15) is 5.82 Å². The summed E-state index contributed by atoms with van der Waals surface area (Å²) < 4.78 is 10.2. The van der Waals surface area contributed by atoms with Crippen LogP contribution in [0.25, 0.3) is 0 Å². The summed E-state index contributed by atoms with van der Waals surface area (Å²) in [6.45, 7) is 1.95. The van der Waals surface area contributed by atoms with E-state index in [1.807, 2.05) is 0 Å². The molecule has 5 nitrogen and oxygen atoms in total. The Morgan fingerprint density at radius 3 is 2.47 bits per heavy atom. The van der Waals surface area contributed by atoms with Crippen LogP contribution in [0.15, 0.2) is 17.7 Å². The zero-order valence-electron chi connectivity index (χ0n) is 10.2. The van der Waals surface area contributed by atoms with E-state index in [2.05, 4.69) is 21.4 Å². The van der Waals surface area contributed by atoms with E-state index in [0.717, 1.165) is 31.8 Å². The van der Waals surface area contributed by atoms with E-state index in [1.54, 1.807) is 20.3 Å². The first-order valence-electron chi connectivity index (χ1n) is 5.66. The Morgan fingerprint density at radius 2 is 1.94 bits per heavy atom. The smallest absolute Gasteiger partial charge is 0.220 e. The van der Waals surface area contributed by atoms with E-state index >= 15 is 0 Å². The van der Waals surface area contributed by atoms with E-state index in [1.165, 1.54) is 5.57 Å². The van der Waals surface area contributed by atoms with Gasteiger partial charge in [-0.3, -0.25) is 0 Å². The van der Waals surface area contributed by atoms with Gasteiger partial charge in [0.2, 0.25) is 11.8 Å². The fourth-order valence-corrected chi connectivity index (χ4v) is 1.77. The first-order chi connectivity index (χ1) is 8.31. The lowest BCUT2D eigenvalue weighted by molar-refractivity contribution is 0.368. The van der Waals surface area contributed by atoms with Gasteiger partial charge < -0.3 is 14.8 Å². The minimum Gasteiger partial charge on any atom is -0.481 e. The number of rotatable bonds is 4. The number of hydrogen-bond acceptors (Lipinski definition) is 5. The second-order valence-electron chi connectivity index (χ2n) is 3.87. The minimum atomic E-state index is 0.538. The normalized spacial score (nSPS) is 15.3. The lowest BCUT2D eigenvalue weighted by Crippen LogP contribution is -2.23. The third-order valence-corrected chi connectivity index (χ3v) is 2.64. The van der Waals surface area contributed by atoms with Crippen molar-refractivity contribution in [2.75, 3.05) is 27.3 Å². The molecular formula is C12H17N3O2. The molecule has 5 heteroatoms. The van der Waals surface area contributed by atoms with Crippen LogP contribution in [0.3, 0.4) is 0 Å². The number of hydrogen-bond donors (Lipinski definition) is 1. The molecule has 1 aromatic heterocycles. The maximum absolute atomic E-state index is 5.12. The first kappa shape index (κ1) is 11.9. The highest BCUT2D eigenvalue weighted by Gasteiger charge is 2.09. The molecule has 0 fully saturated rings. The monoisotopic (exact) mass is 235 g/mol. The molecule has 0 spiro atoms. The molecule has 0 unspecified atom stereocenters. The summed E-state index contributed by atoms with van der Waals surface area (Å²) >= 11 is 0. The van der Waals surface area contributed by atoms with Crippen molar-refractivity contribution in [3.63, 3.8) is 0 Å². The van der Waals surface area contributed by atoms with Gasteiger partial charge in [0.15, 0.2) is 0 Å². The summed E-state index contributed by atoms with van der Waals surface area (Å²) in [5.74, 6) is 1.81. The van der Waals surface area contributed by atoms with Crippen molar-refractivity contribution < 1.29 is 9.47 Å². The van der Waals surface area contributed by atoms with Gasteiger partial charge in [0.25, 0.3) is 0 Å². The first-order valence-corrected chi connectivity index (χ1v) is 5.66. The largest absolute Gasteiger partial charge is 0.481 e. The molecule has 92 valence electrons. The second kappa shape index (κ2) is 5.63. The molecule has 0 saturated heterocycles. The van der Waals surface area contributed by atoms with Gasteiger partial charge in [-0.05, 0) is 13.0 Å². The SMILES string of the molecule is COc1cc(OC)nc(CC2=CCCNC2)n1. The summed E-state index contributed by atoms with van der Waals surface area (Å²) in [7, 11) is 3.18. The van der Waals surface area contributed by atoms with E-state index in [0.29, 0.717) is 11.8 Å². The summed E-state index contributed by atoms with van der Waals surface area (Å²) in [6.07, 6.45) is 4.04. The molecule has 0 aromatic carbocycles. The maximum atomic E-state index is 5.12. The minimum absolute atomic E-state index is 0.538. The van der Waals surface area contributed by atoms with Gasteiger partial charge in [-0.2, -0.15) is 9.97 Å². The Kier molecular flexibility index (Phi) is 3.93. The van der Waals surface area contributed by atoms with Crippen LogP contribution in [-0.4, -0.2) is 37.3 Å². The van der Waals surface area contributed by atoms with Crippen molar-refractivity contribution in [1.29, 1.82) is 0 Å². The molecule has 0 amide bonds. The third kappa shape index (κ3) is 3.17. The topological polar surface area (TPSA) is 56.3 Å². The zero-order valence-corrected chi connectivity index (χ0v) is 10.2. The summed E-state index contributed by atoms with van der Waals surface area (Å²) in [5.41, 5.74) is 1.31. The Balaban J connectivity index is 2.16. The van der Waals surface area contributed by atoms with Crippen molar-refractivity contribution in [3.05, 3.63) is 23.5 Å². The standard InChI is InChI=1S/C12H17N3O2/c1-16-11-7-12(17-2)15-10(14-11)6-9-4-3-5-13-8-9/h4,7,13H,3,5-6,8H2,1-2H3. The highest BCUT2D eigenvalue weighted by Crippen LogP contribution is 2.17. The van der Waals surface area contributed by atoms with Crippen molar-refractivity contribution in [2.24, 2.45) is 0 Å². The van der Waals surface area contributed by atoms with Gasteiger partial charge in [-0.1, -0.05) is 11.6 Å². The Hall–Kier alpha value is -1.62. The molecule has 0 atom stereocenters. The molecule has 0 aliphatic carbocycles. The maximum Gasteiger partial charge on any atom is 0.220 e. The molecule has 1 aromatic rings. The fourth-order valence-electron chi connectivity index (χ4n) is 1.77. The fraction of sp³-hybridized carbons (Fsp3) is 0.500. The Morgan fingerprint density at radius 1 is 1.24 bits per heavy atom. The number of ether oxygens (including phenoxy) is 2. The van der Waals surface area contributed by atoms with E-state index in [9.17, 15) is 0 Å². The number of nitrogens with zero attached hydrogens (tertiary/aromatic N) is 2. The third-order valence-electron chi connectivity index (χ3n) is 2.64. The molecule has 1 aliphatic rings. The van der Waals surface area contributed by atoms with Crippen molar-refractivity contribution in [1.82, 2.24) is 15.3 Å². The van der Waals surface area contributed by atoms with Crippen LogP contribution in [0.5, 0.6) is 11.8 Å². The second-order valence-corrected chi connectivity index (χ2v) is 3.87. The van der Waals surface area contributed by atoms with E-state index < -0.39 is 0 Å². The molecule has 0 bridgehead atoms. The zero-order chi connectivity index (χ0) is 12.1. The van der Waals surface area contributed by atoms with Gasteiger partial charge in [-0.15, -0.1) is 0 Å². The lowest BCUT2D eigenvalue weighted by atomic mass is 10.1. The predicted molar refractivity (Wildman–Crippen MR) is 64.4 cm³/mol. The van der Waals surface area contributed by atoms with Crippen molar-refractivity contribution in [2.45, 2.75) is 12.8 Å². The Labute approximate surface area is 101 Å². The van der Waals surface area contributed by atoms with Crippen LogP contribution < -0.4 is 14.8 Å². The van der Waals surface area contributed by atoms with Crippen LogP contribution in [0.1, 0.15) is 12.2 Å². The number of nitrogens with one attached hydrogen (secondary N) is 1. The average molecular weight is 235 g/mol. The van der Waals surface area contributed by atoms with E-state index in [-0.39, 0.29) is 0 Å². The van der Waals surface area contributed by atoms with Crippen LogP contribution in [0.2, 0.25) is 0 Å². The highest BCUT2D eigenvalue weighted by molar-refractivity contribution is 5.23. The quantitative estimate of drug-likeness (QED) is 0.788. The number of methoxy groups -OCH3 is 2. The predicted octanol–water partition coefficient (Wildman–Crippen LogP) is 0.956. The van der Waals surface area contributed by atoms with Crippen LogP contribution in [0, 0.1) is 0 Å². The molecule has 0 saturated carbocycles. The number of aromatic nitrogens is 2. The average Bonchev–Trinajstić information content (AvgIpc) is 2.39. The molecular weight excluding hydrogens is 218 g/mol. The molecule has 0 radical (unpaired) electrons. The molecule has 17 heavy (non-hydrogen) atoms. The van der Waals surface area contributed by atoms with Gasteiger partial charge in [0.05, 0.1) is 20.3 Å². The van der Waals surface area contributed by atoms with Crippen LogP contribution in [0.4, 0.5) is 0 Å². The van der Waals surface area contributed by atoms with Gasteiger partial charge in [0, 0.05) is 13.0 Å². The van der Waals surface area contributed by atoms with Crippen molar-refractivity contribution in [3.8, 4) is 11.8 Å². The van der Waals surface area contributed by atoms with Gasteiger partial charge >= 0.3 is 0 Å². The van der Waals surface area contributed by atoms with Crippen LogP contribution in [-0.2, 0) is 6.42 Å². The van der Waals surface area contributed by atoms with Crippen LogP contribution >= 0.6 is 0 Å². The van der Waals surface area contributed by atoms with Crippen molar-refractivity contribution >= 4 is 0 Å². The lowest BCUT2D eigenvalue weighted by Gasteiger charge is -2.14. The summed E-state index contributed by atoms with van der Waals surface area (Å²) in [5, 5.41) is 3.33. The highest BCUT2D eigenvalue weighted by atomic mass is 16.5.